The van der Waals surface area contributed by atoms with Crippen LogP contribution in [0.5, 0.6) is 0 Å². The van der Waals surface area contributed by atoms with E-state index >= 15 is 0 Å². The maximum absolute atomic E-state index is 15.0. The summed E-state index contributed by atoms with van der Waals surface area (Å²) in [7, 11) is 0. The molecule has 2 saturated carbocycles. The number of rotatable bonds is 5. The molecule has 0 bridgehead atoms. The minimum atomic E-state index is -4.69. The van der Waals surface area contributed by atoms with Gasteiger partial charge in [-0.05, 0) is 110 Å². The van der Waals surface area contributed by atoms with Crippen LogP contribution in [0.1, 0.15) is 68.4 Å². The zero-order chi connectivity index (χ0) is 25.2. The Labute approximate surface area is 202 Å². The fraction of sp³-hybridized carbons (Fsp3) is 0.448. The first kappa shape index (κ1) is 25.6. The largest absolute Gasteiger partial charge is 0.409 e. The summed E-state index contributed by atoms with van der Waals surface area (Å²) >= 11 is 0. The van der Waals surface area contributed by atoms with Crippen molar-refractivity contribution in [1.29, 1.82) is 0 Å². The van der Waals surface area contributed by atoms with Crippen molar-refractivity contribution in [1.82, 2.24) is 0 Å². The smallest absolute Gasteiger partial charge is 0.206 e. The third-order valence-electron chi connectivity index (χ3n) is 7.88. The molecule has 35 heavy (non-hydrogen) atoms. The maximum Gasteiger partial charge on any atom is 0.409 e. The molecule has 0 atom stereocenters. The Hall–Kier alpha value is -2.50. The summed E-state index contributed by atoms with van der Waals surface area (Å²) in [6.45, 7) is 3.92. The molecule has 0 nitrogen and oxygen atoms in total. The molecular weight excluding hydrogens is 462 g/mol. The Kier molecular flexibility index (Phi) is 7.77. The molecule has 0 aliphatic heterocycles. The van der Waals surface area contributed by atoms with Crippen molar-refractivity contribution in [2.45, 2.75) is 63.5 Å². The molecule has 188 valence electrons. The molecular formula is C29H30F6. The predicted octanol–water partition coefficient (Wildman–Crippen LogP) is 9.61. The first-order valence-corrected chi connectivity index (χ1v) is 12.3. The van der Waals surface area contributed by atoms with Crippen LogP contribution < -0.4 is 0 Å². The van der Waals surface area contributed by atoms with E-state index in [9.17, 15) is 26.3 Å². The van der Waals surface area contributed by atoms with E-state index in [1.807, 2.05) is 0 Å². The first-order chi connectivity index (χ1) is 16.6. The molecule has 0 N–H and O–H groups in total. The third kappa shape index (κ3) is 6.20. The van der Waals surface area contributed by atoms with E-state index in [-0.39, 0.29) is 23.1 Å². The highest BCUT2D eigenvalue weighted by atomic mass is 19.4. The summed E-state index contributed by atoms with van der Waals surface area (Å²) in [5.41, 5.74) is 0.0428. The van der Waals surface area contributed by atoms with Crippen molar-refractivity contribution in [3.8, 4) is 11.1 Å². The SMILES string of the molecule is C=CC1CCC(C2CCC(c3ccc(-c4cc(F)c(/C=C/C(F)(F)F)c(F)c4)c(F)c3)CC2)CC1. The van der Waals surface area contributed by atoms with Crippen LogP contribution in [-0.4, -0.2) is 6.18 Å². The van der Waals surface area contributed by atoms with Crippen molar-refractivity contribution in [2.75, 3.05) is 0 Å². The van der Waals surface area contributed by atoms with Crippen molar-refractivity contribution < 1.29 is 26.3 Å². The normalized spacial score (nSPS) is 25.7. The molecule has 2 aromatic carbocycles. The van der Waals surface area contributed by atoms with Gasteiger partial charge in [-0.15, -0.1) is 6.58 Å². The van der Waals surface area contributed by atoms with Gasteiger partial charge in [0.15, 0.2) is 0 Å². The monoisotopic (exact) mass is 492 g/mol. The minimum absolute atomic E-state index is 0.0190. The highest BCUT2D eigenvalue weighted by Gasteiger charge is 2.31. The summed E-state index contributed by atoms with van der Waals surface area (Å²) in [6, 6.07) is 6.47. The number of halogens is 6. The third-order valence-corrected chi connectivity index (χ3v) is 7.88. The van der Waals surface area contributed by atoms with Crippen LogP contribution in [0.3, 0.4) is 0 Å². The van der Waals surface area contributed by atoms with Gasteiger partial charge in [-0.25, -0.2) is 13.2 Å². The summed E-state index contributed by atoms with van der Waals surface area (Å²) in [4.78, 5) is 0. The van der Waals surface area contributed by atoms with Gasteiger partial charge < -0.3 is 0 Å². The van der Waals surface area contributed by atoms with Gasteiger partial charge in [0.05, 0.1) is 0 Å². The lowest BCUT2D eigenvalue weighted by molar-refractivity contribution is -0.0790. The molecule has 2 aliphatic carbocycles. The number of benzene rings is 2. The van der Waals surface area contributed by atoms with E-state index in [0.29, 0.717) is 12.0 Å². The second-order valence-electron chi connectivity index (χ2n) is 9.99. The average Bonchev–Trinajstić information content (AvgIpc) is 2.83. The van der Waals surface area contributed by atoms with Gasteiger partial charge in [-0.2, -0.15) is 13.2 Å². The molecule has 0 unspecified atom stereocenters. The van der Waals surface area contributed by atoms with E-state index in [1.54, 1.807) is 6.07 Å². The highest BCUT2D eigenvalue weighted by molar-refractivity contribution is 5.67. The quantitative estimate of drug-likeness (QED) is 0.288. The molecule has 4 rings (SSSR count). The van der Waals surface area contributed by atoms with Gasteiger partial charge in [0.2, 0.25) is 0 Å². The van der Waals surface area contributed by atoms with E-state index in [1.165, 1.54) is 37.8 Å². The minimum Gasteiger partial charge on any atom is -0.206 e. The molecule has 0 aromatic heterocycles. The second-order valence-corrected chi connectivity index (χ2v) is 9.99. The molecule has 2 aliphatic rings. The van der Waals surface area contributed by atoms with Crippen LogP contribution in [0.2, 0.25) is 0 Å². The lowest BCUT2D eigenvalue weighted by Crippen LogP contribution is -2.25. The zero-order valence-corrected chi connectivity index (χ0v) is 19.6. The molecule has 0 amide bonds. The summed E-state index contributed by atoms with van der Waals surface area (Å²) in [5.74, 6) is -0.554. The molecule has 2 fully saturated rings. The molecule has 0 saturated heterocycles. The first-order valence-electron chi connectivity index (χ1n) is 12.3. The number of hydrogen-bond acceptors (Lipinski definition) is 0. The molecule has 2 aromatic rings. The standard InChI is InChI=1S/C29H30F6/c1-2-18-3-5-19(6-4-18)20-7-9-21(10-8-20)22-11-12-24(26(30)15-22)23-16-27(31)25(28(32)17-23)13-14-29(33,34)35/h2,11-21H,1,3-10H2/b14-13+. The van der Waals surface area contributed by atoms with Crippen LogP contribution >= 0.6 is 0 Å². The number of allylic oxidation sites excluding steroid dienone is 2. The Balaban J connectivity index is 1.43. The Bertz CT molecular complexity index is 1040. The average molecular weight is 493 g/mol. The molecule has 6 heteroatoms. The number of hydrogen-bond donors (Lipinski definition) is 0. The topological polar surface area (TPSA) is 0 Å². The van der Waals surface area contributed by atoms with E-state index in [4.69, 9.17) is 0 Å². The van der Waals surface area contributed by atoms with Crippen molar-refractivity contribution in [3.05, 3.63) is 77.6 Å². The fourth-order valence-corrected chi connectivity index (χ4v) is 5.87. The van der Waals surface area contributed by atoms with Gasteiger partial charge in [0.25, 0.3) is 0 Å². The van der Waals surface area contributed by atoms with Crippen LogP contribution in [0.25, 0.3) is 17.2 Å². The van der Waals surface area contributed by atoms with Crippen molar-refractivity contribution >= 4 is 6.08 Å². The van der Waals surface area contributed by atoms with Crippen molar-refractivity contribution in [2.24, 2.45) is 17.8 Å². The Morgan fingerprint density at radius 1 is 0.743 bits per heavy atom. The molecule has 0 radical (unpaired) electrons. The van der Waals surface area contributed by atoms with Crippen LogP contribution in [0.4, 0.5) is 26.3 Å². The summed E-state index contributed by atoms with van der Waals surface area (Å²) in [6.07, 6.45) is 6.70. The molecule has 0 spiro atoms. The highest BCUT2D eigenvalue weighted by Crippen LogP contribution is 2.44. The lowest BCUT2D eigenvalue weighted by atomic mass is 9.68. The Morgan fingerprint density at radius 3 is 1.83 bits per heavy atom. The van der Waals surface area contributed by atoms with Crippen molar-refractivity contribution in [3.63, 3.8) is 0 Å². The lowest BCUT2D eigenvalue weighted by Gasteiger charge is -2.37. The maximum atomic E-state index is 15.0. The zero-order valence-electron chi connectivity index (χ0n) is 19.6. The van der Waals surface area contributed by atoms with Crippen LogP contribution in [0, 0.1) is 35.2 Å². The van der Waals surface area contributed by atoms with Crippen LogP contribution in [0.15, 0.2) is 49.1 Å². The van der Waals surface area contributed by atoms with Gasteiger partial charge in [-0.1, -0.05) is 18.2 Å². The van der Waals surface area contributed by atoms with E-state index < -0.39 is 29.2 Å². The second kappa shape index (κ2) is 10.6. The molecule has 0 heterocycles. The van der Waals surface area contributed by atoms with Crippen LogP contribution in [-0.2, 0) is 0 Å². The Morgan fingerprint density at radius 2 is 1.31 bits per heavy atom. The van der Waals surface area contributed by atoms with Gasteiger partial charge >= 0.3 is 6.18 Å². The number of alkyl halides is 3. The summed E-state index contributed by atoms with van der Waals surface area (Å²) in [5, 5.41) is 0. The van der Waals surface area contributed by atoms with E-state index in [2.05, 4.69) is 12.7 Å². The van der Waals surface area contributed by atoms with Gasteiger partial charge in [-0.3, -0.25) is 0 Å². The van der Waals surface area contributed by atoms with Gasteiger partial charge in [0.1, 0.15) is 17.5 Å². The predicted molar refractivity (Wildman–Crippen MR) is 127 cm³/mol. The summed E-state index contributed by atoms with van der Waals surface area (Å²) < 4.78 is 80.7. The van der Waals surface area contributed by atoms with Gasteiger partial charge in [0, 0.05) is 17.2 Å². The fourth-order valence-electron chi connectivity index (χ4n) is 5.87. The van der Waals surface area contributed by atoms with E-state index in [0.717, 1.165) is 55.2 Å².